The van der Waals surface area contributed by atoms with Crippen LogP contribution in [0.1, 0.15) is 28.8 Å². The highest BCUT2D eigenvalue weighted by Gasteiger charge is 2.06. The molecule has 0 radical (unpaired) electrons. The van der Waals surface area contributed by atoms with Crippen molar-refractivity contribution >= 4 is 21.7 Å². The van der Waals surface area contributed by atoms with Crippen LogP contribution >= 0.6 is 15.9 Å². The Hall–Kier alpha value is -1.14. The van der Waals surface area contributed by atoms with Crippen LogP contribution in [0.5, 0.6) is 0 Å². The van der Waals surface area contributed by atoms with Crippen LogP contribution in [0.3, 0.4) is 0 Å². The van der Waals surface area contributed by atoms with Gasteiger partial charge >= 0.3 is 0 Å². The lowest BCUT2D eigenvalue weighted by Crippen LogP contribution is -1.98. The molecule has 3 heteroatoms. The molecule has 0 atom stereocenters. The van der Waals surface area contributed by atoms with Gasteiger partial charge in [-0.2, -0.15) is 5.26 Å². The summed E-state index contributed by atoms with van der Waals surface area (Å²) in [5.41, 5.74) is 1.72. The summed E-state index contributed by atoms with van der Waals surface area (Å²) in [5.74, 6) is 0.0298. The van der Waals surface area contributed by atoms with Crippen molar-refractivity contribution in [2.45, 2.75) is 19.8 Å². The van der Waals surface area contributed by atoms with Gasteiger partial charge in [0.05, 0.1) is 6.07 Å². The molecule has 1 aromatic carbocycles. The molecule has 2 nitrogen and oxygen atoms in total. The van der Waals surface area contributed by atoms with E-state index in [-0.39, 0.29) is 12.2 Å². The fraction of sp³-hybridized carbons (Fsp3) is 0.273. The van der Waals surface area contributed by atoms with Crippen LogP contribution < -0.4 is 0 Å². The smallest absolute Gasteiger partial charge is 0.163 e. The first kappa shape index (κ1) is 10.9. The average Bonchev–Trinajstić information content (AvgIpc) is 2.18. The largest absolute Gasteiger partial charge is 0.294 e. The van der Waals surface area contributed by atoms with Crippen molar-refractivity contribution in [3.63, 3.8) is 0 Å². The van der Waals surface area contributed by atoms with E-state index in [2.05, 4.69) is 15.9 Å². The number of nitrogens with zero attached hydrogens (tertiary/aromatic N) is 1. The van der Waals surface area contributed by atoms with Gasteiger partial charge < -0.3 is 0 Å². The summed E-state index contributed by atoms with van der Waals surface area (Å²) in [7, 11) is 0. The van der Waals surface area contributed by atoms with Crippen molar-refractivity contribution in [3.05, 3.63) is 33.8 Å². The van der Waals surface area contributed by atoms with Gasteiger partial charge in [-0.3, -0.25) is 4.79 Å². The molecule has 0 spiro atoms. The van der Waals surface area contributed by atoms with Crippen LogP contribution in [-0.2, 0) is 0 Å². The van der Waals surface area contributed by atoms with E-state index in [0.717, 1.165) is 10.0 Å². The minimum absolute atomic E-state index is 0.0298. The second-order valence-corrected chi connectivity index (χ2v) is 3.90. The first-order valence-electron chi connectivity index (χ1n) is 4.31. The lowest BCUT2D eigenvalue weighted by Gasteiger charge is -2.01. The van der Waals surface area contributed by atoms with Crippen molar-refractivity contribution in [1.82, 2.24) is 0 Å². The monoisotopic (exact) mass is 251 g/mol. The van der Waals surface area contributed by atoms with E-state index in [0.29, 0.717) is 12.0 Å². The quantitative estimate of drug-likeness (QED) is 0.775. The van der Waals surface area contributed by atoms with Gasteiger partial charge in [-0.25, -0.2) is 0 Å². The van der Waals surface area contributed by atoms with Crippen molar-refractivity contribution in [3.8, 4) is 6.07 Å². The summed E-state index contributed by atoms with van der Waals surface area (Å²) in [6, 6.07) is 7.43. The van der Waals surface area contributed by atoms with Gasteiger partial charge in [0.1, 0.15) is 0 Å². The molecule has 0 heterocycles. The topological polar surface area (TPSA) is 40.9 Å². The third-order valence-electron chi connectivity index (χ3n) is 1.94. The van der Waals surface area contributed by atoms with Crippen molar-refractivity contribution < 1.29 is 4.79 Å². The summed E-state index contributed by atoms with van der Waals surface area (Å²) in [4.78, 5) is 11.5. The maximum absolute atomic E-state index is 11.5. The Morgan fingerprint density at radius 3 is 2.86 bits per heavy atom. The minimum atomic E-state index is 0.0298. The molecule has 0 bridgehead atoms. The van der Waals surface area contributed by atoms with Crippen LogP contribution in [0, 0.1) is 18.3 Å². The van der Waals surface area contributed by atoms with Gasteiger partial charge in [-0.05, 0) is 24.6 Å². The van der Waals surface area contributed by atoms with Gasteiger partial charge in [0.15, 0.2) is 5.78 Å². The SMILES string of the molecule is Cc1cc(C(=O)CCC#N)ccc1Br. The fourth-order valence-electron chi connectivity index (χ4n) is 1.13. The molecular weight excluding hydrogens is 242 g/mol. The highest BCUT2D eigenvalue weighted by Crippen LogP contribution is 2.18. The molecule has 0 saturated heterocycles. The number of carbonyl (C=O) groups is 1. The molecule has 0 saturated carbocycles. The maximum Gasteiger partial charge on any atom is 0.163 e. The van der Waals surface area contributed by atoms with Gasteiger partial charge in [-0.1, -0.05) is 22.0 Å². The van der Waals surface area contributed by atoms with Gasteiger partial charge in [0.25, 0.3) is 0 Å². The van der Waals surface area contributed by atoms with Crippen molar-refractivity contribution in [2.75, 3.05) is 0 Å². The van der Waals surface area contributed by atoms with Crippen molar-refractivity contribution in [1.29, 1.82) is 5.26 Å². The average molecular weight is 252 g/mol. The summed E-state index contributed by atoms with van der Waals surface area (Å²) in [5, 5.41) is 8.35. The number of carbonyl (C=O) groups excluding carboxylic acids is 1. The molecule has 0 aliphatic rings. The van der Waals surface area contributed by atoms with E-state index < -0.39 is 0 Å². The molecule has 0 unspecified atom stereocenters. The molecule has 0 aliphatic carbocycles. The number of nitriles is 1. The molecule has 0 aliphatic heterocycles. The second-order valence-electron chi connectivity index (χ2n) is 3.05. The fourth-order valence-corrected chi connectivity index (χ4v) is 1.38. The molecule has 72 valence electrons. The molecule has 1 rings (SSSR count). The highest BCUT2D eigenvalue weighted by atomic mass is 79.9. The summed E-state index contributed by atoms with van der Waals surface area (Å²) in [6.07, 6.45) is 0.589. The lowest BCUT2D eigenvalue weighted by atomic mass is 10.0. The Kier molecular flexibility index (Phi) is 3.84. The van der Waals surface area contributed by atoms with E-state index in [1.165, 1.54) is 0 Å². The third-order valence-corrected chi connectivity index (χ3v) is 2.83. The zero-order chi connectivity index (χ0) is 10.6. The molecule has 0 aromatic heterocycles. The van der Waals surface area contributed by atoms with E-state index in [1.54, 1.807) is 6.07 Å². The first-order chi connectivity index (χ1) is 6.65. The van der Waals surface area contributed by atoms with E-state index in [4.69, 9.17) is 5.26 Å². The molecule has 14 heavy (non-hydrogen) atoms. The van der Waals surface area contributed by atoms with Crippen LogP contribution in [0.25, 0.3) is 0 Å². The van der Waals surface area contributed by atoms with Gasteiger partial charge in [-0.15, -0.1) is 0 Å². The van der Waals surface area contributed by atoms with Crippen LogP contribution in [-0.4, -0.2) is 5.78 Å². The summed E-state index contributed by atoms with van der Waals surface area (Å²) < 4.78 is 0.995. The maximum atomic E-state index is 11.5. The van der Waals surface area contributed by atoms with E-state index in [9.17, 15) is 4.79 Å². The van der Waals surface area contributed by atoms with E-state index in [1.807, 2.05) is 25.1 Å². The number of hydrogen-bond acceptors (Lipinski definition) is 2. The predicted octanol–water partition coefficient (Wildman–Crippen LogP) is 3.24. The standard InChI is InChI=1S/C11H10BrNO/c1-8-7-9(4-5-10(8)12)11(14)3-2-6-13/h4-5,7H,2-3H2,1H3. The number of Topliss-reactive ketones (excluding diaryl/α,β-unsaturated/α-hetero) is 1. The third kappa shape index (κ3) is 2.68. The second kappa shape index (κ2) is 4.92. The lowest BCUT2D eigenvalue weighted by molar-refractivity contribution is 0.0984. The molecule has 0 amide bonds. The number of halogens is 1. The first-order valence-corrected chi connectivity index (χ1v) is 5.10. The van der Waals surface area contributed by atoms with Crippen LogP contribution in [0.15, 0.2) is 22.7 Å². The Bertz CT molecular complexity index is 393. The normalized spacial score (nSPS) is 9.50. The molecule has 0 fully saturated rings. The summed E-state index contributed by atoms with van der Waals surface area (Å²) in [6.45, 7) is 1.94. The van der Waals surface area contributed by atoms with Crippen molar-refractivity contribution in [2.24, 2.45) is 0 Å². The highest BCUT2D eigenvalue weighted by molar-refractivity contribution is 9.10. The number of aryl methyl sites for hydroxylation is 1. The van der Waals surface area contributed by atoms with Crippen LogP contribution in [0.4, 0.5) is 0 Å². The Morgan fingerprint density at radius 1 is 1.57 bits per heavy atom. The van der Waals surface area contributed by atoms with Gasteiger partial charge in [0, 0.05) is 22.9 Å². The predicted molar refractivity (Wildman–Crippen MR) is 58.1 cm³/mol. The molecule has 1 aromatic rings. The zero-order valence-electron chi connectivity index (χ0n) is 7.88. The zero-order valence-corrected chi connectivity index (χ0v) is 9.47. The molecular formula is C11H10BrNO. The van der Waals surface area contributed by atoms with Gasteiger partial charge in [0.2, 0.25) is 0 Å². The number of rotatable bonds is 3. The van der Waals surface area contributed by atoms with Crippen LogP contribution in [0.2, 0.25) is 0 Å². The Morgan fingerprint density at radius 2 is 2.29 bits per heavy atom. The molecule has 0 N–H and O–H groups in total. The Labute approximate surface area is 91.7 Å². The number of benzene rings is 1. The number of ketones is 1. The minimum Gasteiger partial charge on any atom is -0.294 e. The number of hydrogen-bond donors (Lipinski definition) is 0. The Balaban J connectivity index is 2.82. The summed E-state index contributed by atoms with van der Waals surface area (Å²) >= 11 is 3.37. The van der Waals surface area contributed by atoms with E-state index >= 15 is 0 Å².